The summed E-state index contributed by atoms with van der Waals surface area (Å²) in [6.07, 6.45) is 0. The minimum Gasteiger partial charge on any atom is -0.497 e. The molecule has 0 atom stereocenters. The molecule has 1 aromatic heterocycles. The molecule has 1 heterocycles. The van der Waals surface area contributed by atoms with Gasteiger partial charge in [0.15, 0.2) is 5.13 Å². The lowest BCUT2D eigenvalue weighted by atomic mass is 10.2. The van der Waals surface area contributed by atoms with Crippen molar-refractivity contribution >= 4 is 26.6 Å². The SMILES string of the molecule is COc1ccc(-c2csc(N)n2)cc1.O=S(=O)(O)c1ccc(F)cc1F. The van der Waals surface area contributed by atoms with Crippen molar-refractivity contribution in [2.75, 3.05) is 12.8 Å². The summed E-state index contributed by atoms with van der Waals surface area (Å²) >= 11 is 1.44. The molecule has 3 rings (SSSR count). The topological polar surface area (TPSA) is 103 Å². The van der Waals surface area contributed by atoms with E-state index >= 15 is 0 Å². The molecular formula is C16H14F2N2O4S2. The average Bonchev–Trinajstić information content (AvgIpc) is 3.01. The fraction of sp³-hybridized carbons (Fsp3) is 0.0625. The van der Waals surface area contributed by atoms with Crippen LogP contribution in [0, 0.1) is 11.6 Å². The van der Waals surface area contributed by atoms with Crippen LogP contribution < -0.4 is 10.5 Å². The summed E-state index contributed by atoms with van der Waals surface area (Å²) in [4.78, 5) is 3.26. The first kappa shape index (κ1) is 19.8. The number of ether oxygens (including phenoxy) is 1. The molecule has 0 unspecified atom stereocenters. The quantitative estimate of drug-likeness (QED) is 0.651. The predicted octanol–water partition coefficient (Wildman–Crippen LogP) is 3.61. The second-order valence-electron chi connectivity index (χ2n) is 4.85. The van der Waals surface area contributed by atoms with E-state index in [9.17, 15) is 17.2 Å². The highest BCUT2D eigenvalue weighted by Gasteiger charge is 2.15. The summed E-state index contributed by atoms with van der Waals surface area (Å²) in [5, 5.41) is 2.53. The molecule has 10 heteroatoms. The Morgan fingerprint density at radius 1 is 1.15 bits per heavy atom. The van der Waals surface area contributed by atoms with E-state index in [0.29, 0.717) is 17.3 Å². The Labute approximate surface area is 152 Å². The highest BCUT2D eigenvalue weighted by Crippen LogP contribution is 2.24. The number of thiazole rings is 1. The zero-order chi connectivity index (χ0) is 19.3. The smallest absolute Gasteiger partial charge is 0.297 e. The Balaban J connectivity index is 0.000000190. The van der Waals surface area contributed by atoms with Gasteiger partial charge in [-0.15, -0.1) is 11.3 Å². The molecule has 0 fully saturated rings. The highest BCUT2D eigenvalue weighted by molar-refractivity contribution is 7.85. The van der Waals surface area contributed by atoms with Gasteiger partial charge in [-0.05, 0) is 36.4 Å². The molecule has 138 valence electrons. The summed E-state index contributed by atoms with van der Waals surface area (Å²) < 4.78 is 58.9. The van der Waals surface area contributed by atoms with Gasteiger partial charge >= 0.3 is 0 Å². The van der Waals surface area contributed by atoms with E-state index in [1.807, 2.05) is 29.6 Å². The number of methoxy groups -OCH3 is 1. The van der Waals surface area contributed by atoms with Gasteiger partial charge in [0, 0.05) is 17.0 Å². The fourth-order valence-corrected chi connectivity index (χ4v) is 2.98. The Morgan fingerprint density at radius 2 is 1.81 bits per heavy atom. The zero-order valence-electron chi connectivity index (χ0n) is 13.4. The Morgan fingerprint density at radius 3 is 2.27 bits per heavy atom. The molecule has 0 saturated heterocycles. The lowest BCUT2D eigenvalue weighted by Gasteiger charge is -2.00. The van der Waals surface area contributed by atoms with Gasteiger partial charge in [-0.1, -0.05) is 0 Å². The van der Waals surface area contributed by atoms with E-state index in [-0.39, 0.29) is 0 Å². The van der Waals surface area contributed by atoms with Crippen LogP contribution in [0.3, 0.4) is 0 Å². The normalized spacial score (nSPS) is 10.8. The summed E-state index contributed by atoms with van der Waals surface area (Å²) in [6, 6.07) is 9.52. The average molecular weight is 400 g/mol. The minimum absolute atomic E-state index is 0.378. The van der Waals surface area contributed by atoms with Gasteiger partial charge in [0.25, 0.3) is 10.1 Å². The third-order valence-corrected chi connectivity index (χ3v) is 4.64. The standard InChI is InChI=1S/C10H10N2OS.C6H4F2O3S/c1-13-8-4-2-7(3-5-8)9-6-14-10(11)12-9;7-4-1-2-6(5(8)3-4)12(9,10)11/h2-6H,1H3,(H2,11,12);1-3H,(H,9,10,11). The summed E-state index contributed by atoms with van der Waals surface area (Å²) in [7, 11) is -2.94. The molecule has 0 saturated carbocycles. The largest absolute Gasteiger partial charge is 0.497 e. The molecule has 26 heavy (non-hydrogen) atoms. The number of anilines is 1. The monoisotopic (exact) mass is 400 g/mol. The predicted molar refractivity (Wildman–Crippen MR) is 94.7 cm³/mol. The first-order valence-electron chi connectivity index (χ1n) is 6.98. The number of halogens is 2. The van der Waals surface area contributed by atoms with Gasteiger partial charge in [0.1, 0.15) is 22.3 Å². The Bertz CT molecular complexity index is 990. The fourth-order valence-electron chi connectivity index (χ4n) is 1.87. The Kier molecular flexibility index (Phi) is 6.24. The van der Waals surface area contributed by atoms with Gasteiger partial charge in [0.05, 0.1) is 12.8 Å². The third kappa shape index (κ3) is 5.22. The van der Waals surface area contributed by atoms with Crippen molar-refractivity contribution in [3.63, 3.8) is 0 Å². The molecule has 0 aliphatic carbocycles. The van der Waals surface area contributed by atoms with Crippen molar-refractivity contribution in [2.45, 2.75) is 4.90 Å². The second-order valence-corrected chi connectivity index (χ2v) is 7.13. The van der Waals surface area contributed by atoms with E-state index in [1.165, 1.54) is 11.3 Å². The van der Waals surface area contributed by atoms with Crippen LogP contribution >= 0.6 is 11.3 Å². The van der Waals surface area contributed by atoms with Gasteiger partial charge in [-0.2, -0.15) is 8.42 Å². The molecule has 6 nitrogen and oxygen atoms in total. The number of aromatic nitrogens is 1. The molecule has 0 amide bonds. The number of hydrogen-bond donors (Lipinski definition) is 2. The van der Waals surface area contributed by atoms with Gasteiger partial charge in [0.2, 0.25) is 0 Å². The van der Waals surface area contributed by atoms with Crippen LogP contribution in [0.2, 0.25) is 0 Å². The van der Waals surface area contributed by atoms with E-state index in [4.69, 9.17) is 15.0 Å². The van der Waals surface area contributed by atoms with Crippen molar-refractivity contribution in [2.24, 2.45) is 0 Å². The number of nitrogens with zero attached hydrogens (tertiary/aromatic N) is 1. The van der Waals surface area contributed by atoms with Gasteiger partial charge in [-0.25, -0.2) is 13.8 Å². The van der Waals surface area contributed by atoms with Gasteiger partial charge in [-0.3, -0.25) is 4.55 Å². The van der Waals surface area contributed by atoms with Crippen molar-refractivity contribution < 1.29 is 26.5 Å². The number of nitrogens with two attached hydrogens (primary N) is 1. The van der Waals surface area contributed by atoms with Crippen LogP contribution in [0.25, 0.3) is 11.3 Å². The van der Waals surface area contributed by atoms with Crippen molar-refractivity contribution in [3.05, 3.63) is 59.5 Å². The van der Waals surface area contributed by atoms with Crippen LogP contribution in [0.4, 0.5) is 13.9 Å². The van der Waals surface area contributed by atoms with E-state index in [2.05, 4.69) is 4.98 Å². The summed E-state index contributed by atoms with van der Waals surface area (Å²) in [6.45, 7) is 0. The van der Waals surface area contributed by atoms with Crippen LogP contribution in [0.5, 0.6) is 5.75 Å². The van der Waals surface area contributed by atoms with E-state index < -0.39 is 26.6 Å². The van der Waals surface area contributed by atoms with Crippen molar-refractivity contribution in [3.8, 4) is 17.0 Å². The van der Waals surface area contributed by atoms with Crippen molar-refractivity contribution in [1.29, 1.82) is 0 Å². The maximum Gasteiger partial charge on any atom is 0.297 e. The molecule has 0 aliphatic heterocycles. The first-order valence-corrected chi connectivity index (χ1v) is 9.30. The van der Waals surface area contributed by atoms with Crippen LogP contribution in [-0.2, 0) is 10.1 Å². The molecule has 3 N–H and O–H groups in total. The molecule has 0 aliphatic rings. The molecule has 0 radical (unpaired) electrons. The maximum absolute atomic E-state index is 12.6. The number of nitrogen functional groups attached to an aromatic ring is 1. The van der Waals surface area contributed by atoms with E-state index in [1.54, 1.807) is 7.11 Å². The first-order chi connectivity index (χ1) is 12.2. The highest BCUT2D eigenvalue weighted by atomic mass is 32.2. The Hall–Kier alpha value is -2.56. The van der Waals surface area contributed by atoms with Crippen LogP contribution in [-0.4, -0.2) is 25.1 Å². The van der Waals surface area contributed by atoms with Gasteiger partial charge < -0.3 is 10.5 Å². The lowest BCUT2D eigenvalue weighted by Crippen LogP contribution is -2.01. The summed E-state index contributed by atoms with van der Waals surface area (Å²) in [5.74, 6) is -1.37. The summed E-state index contributed by atoms with van der Waals surface area (Å²) in [5.41, 5.74) is 7.52. The number of rotatable bonds is 3. The maximum atomic E-state index is 12.6. The minimum atomic E-state index is -4.59. The molecule has 2 aromatic carbocycles. The molecular weight excluding hydrogens is 386 g/mol. The van der Waals surface area contributed by atoms with Crippen LogP contribution in [0.15, 0.2) is 52.7 Å². The number of hydrogen-bond acceptors (Lipinski definition) is 6. The van der Waals surface area contributed by atoms with E-state index in [0.717, 1.165) is 23.1 Å². The van der Waals surface area contributed by atoms with Crippen LogP contribution in [0.1, 0.15) is 0 Å². The second kappa shape index (κ2) is 8.21. The number of benzene rings is 2. The lowest BCUT2D eigenvalue weighted by molar-refractivity contribution is 0.415. The van der Waals surface area contributed by atoms with Crippen molar-refractivity contribution in [1.82, 2.24) is 4.98 Å². The molecule has 3 aromatic rings. The zero-order valence-corrected chi connectivity index (χ0v) is 15.0. The molecule has 0 spiro atoms. The third-order valence-electron chi connectivity index (χ3n) is 3.08. The molecule has 0 bridgehead atoms.